The van der Waals surface area contributed by atoms with Crippen molar-refractivity contribution in [2.75, 3.05) is 43.4 Å². The Morgan fingerprint density at radius 3 is 2.37 bits per heavy atom. The van der Waals surface area contributed by atoms with Gasteiger partial charge in [0, 0.05) is 43.2 Å². The first kappa shape index (κ1) is 22.1. The Kier molecular flexibility index (Phi) is 7.68. The van der Waals surface area contributed by atoms with Crippen molar-refractivity contribution in [3.8, 4) is 0 Å². The predicted octanol–water partition coefficient (Wildman–Crippen LogP) is 4.18. The minimum Gasteiger partial charge on any atom is -0.366 e. The number of halogens is 2. The summed E-state index contributed by atoms with van der Waals surface area (Å²) in [5, 5.41) is 2.92. The van der Waals surface area contributed by atoms with Gasteiger partial charge in [-0.15, -0.1) is 11.8 Å². The summed E-state index contributed by atoms with van der Waals surface area (Å²) in [6.07, 6.45) is 0.807. The average molecular weight is 434 g/mol. The molecule has 0 bridgehead atoms. The van der Waals surface area contributed by atoms with Crippen LogP contribution in [0.25, 0.3) is 0 Å². The van der Waals surface area contributed by atoms with Gasteiger partial charge in [-0.2, -0.15) is 0 Å². The third kappa shape index (κ3) is 5.95. The van der Waals surface area contributed by atoms with E-state index in [9.17, 15) is 18.4 Å². The molecular weight excluding hydrogens is 408 g/mol. The molecule has 2 aromatic rings. The number of urea groups is 1. The molecule has 0 aromatic heterocycles. The number of carbonyl (C=O) groups is 2. The van der Waals surface area contributed by atoms with Gasteiger partial charge in [-0.05, 0) is 61.6 Å². The molecule has 1 saturated heterocycles. The van der Waals surface area contributed by atoms with E-state index < -0.39 is 5.82 Å². The number of thioether (sulfide) groups is 1. The van der Waals surface area contributed by atoms with Crippen molar-refractivity contribution in [1.29, 1.82) is 0 Å². The number of ketones is 1. The Hall–Kier alpha value is -2.61. The molecule has 8 heteroatoms. The van der Waals surface area contributed by atoms with E-state index in [0.29, 0.717) is 44.0 Å². The van der Waals surface area contributed by atoms with E-state index in [2.05, 4.69) is 5.32 Å². The highest BCUT2D eigenvalue weighted by atomic mass is 32.2. The zero-order valence-corrected chi connectivity index (χ0v) is 17.7. The van der Waals surface area contributed by atoms with E-state index in [1.165, 1.54) is 25.1 Å². The number of nitrogens with one attached hydrogen (secondary N) is 1. The van der Waals surface area contributed by atoms with Crippen molar-refractivity contribution in [3.05, 3.63) is 59.7 Å². The van der Waals surface area contributed by atoms with Gasteiger partial charge in [0.05, 0.1) is 5.69 Å². The molecule has 1 N–H and O–H groups in total. The lowest BCUT2D eigenvalue weighted by molar-refractivity contribution is 0.101. The zero-order chi connectivity index (χ0) is 21.5. The van der Waals surface area contributed by atoms with Crippen LogP contribution in [0.15, 0.2) is 47.4 Å². The fourth-order valence-electron chi connectivity index (χ4n) is 3.23. The molecule has 160 valence electrons. The molecule has 0 spiro atoms. The summed E-state index contributed by atoms with van der Waals surface area (Å²) in [6.45, 7) is 4.05. The molecule has 5 nitrogen and oxygen atoms in total. The number of rotatable bonds is 7. The third-order valence-electron chi connectivity index (χ3n) is 4.94. The van der Waals surface area contributed by atoms with Gasteiger partial charge in [-0.1, -0.05) is 0 Å². The molecule has 2 aromatic carbocycles. The fourth-order valence-corrected chi connectivity index (χ4v) is 4.09. The van der Waals surface area contributed by atoms with Crippen LogP contribution in [0.1, 0.15) is 23.7 Å². The van der Waals surface area contributed by atoms with Crippen molar-refractivity contribution in [2.24, 2.45) is 0 Å². The first-order valence-corrected chi connectivity index (χ1v) is 10.9. The first-order valence-electron chi connectivity index (χ1n) is 9.90. The highest BCUT2D eigenvalue weighted by Crippen LogP contribution is 2.22. The molecule has 0 atom stereocenters. The molecule has 0 radical (unpaired) electrons. The molecule has 2 amide bonds. The summed E-state index contributed by atoms with van der Waals surface area (Å²) < 4.78 is 27.2. The van der Waals surface area contributed by atoms with E-state index in [1.807, 2.05) is 4.90 Å². The van der Waals surface area contributed by atoms with Gasteiger partial charge >= 0.3 is 6.03 Å². The first-order chi connectivity index (χ1) is 14.4. The maximum atomic E-state index is 14.3. The summed E-state index contributed by atoms with van der Waals surface area (Å²) in [6, 6.07) is 10.8. The number of Topliss-reactive ketones (excluding diaryl/α,β-unsaturated/α-hetero) is 1. The monoisotopic (exact) mass is 433 g/mol. The second-order valence-electron chi connectivity index (χ2n) is 7.08. The largest absolute Gasteiger partial charge is 0.366 e. The maximum absolute atomic E-state index is 14.3. The van der Waals surface area contributed by atoms with E-state index in [-0.39, 0.29) is 17.6 Å². The van der Waals surface area contributed by atoms with Crippen LogP contribution in [0.3, 0.4) is 0 Å². The molecule has 30 heavy (non-hydrogen) atoms. The number of hydrogen-bond donors (Lipinski definition) is 1. The number of carbonyl (C=O) groups excluding carboxylic acids is 2. The van der Waals surface area contributed by atoms with E-state index in [1.54, 1.807) is 40.9 Å². The zero-order valence-electron chi connectivity index (χ0n) is 16.9. The maximum Gasteiger partial charge on any atom is 0.317 e. The molecule has 1 aliphatic heterocycles. The second kappa shape index (κ2) is 10.4. The molecule has 3 rings (SSSR count). The van der Waals surface area contributed by atoms with Crippen LogP contribution in [0.2, 0.25) is 0 Å². The molecule has 0 aliphatic carbocycles. The van der Waals surface area contributed by atoms with Gasteiger partial charge in [0.25, 0.3) is 0 Å². The van der Waals surface area contributed by atoms with Crippen molar-refractivity contribution in [3.63, 3.8) is 0 Å². The molecule has 0 saturated carbocycles. The molecule has 1 aliphatic rings. The molecular formula is C22H25F2N3O2S. The van der Waals surface area contributed by atoms with Crippen LogP contribution in [-0.2, 0) is 0 Å². The van der Waals surface area contributed by atoms with Crippen molar-refractivity contribution in [2.45, 2.75) is 18.2 Å². The quantitative estimate of drug-likeness (QED) is 0.404. The Labute approximate surface area is 179 Å². The molecule has 1 heterocycles. The second-order valence-corrected chi connectivity index (χ2v) is 8.25. The van der Waals surface area contributed by atoms with Crippen LogP contribution in [-0.4, -0.2) is 55.2 Å². The van der Waals surface area contributed by atoms with Gasteiger partial charge in [0.1, 0.15) is 11.6 Å². The average Bonchev–Trinajstić information content (AvgIpc) is 2.74. The minimum absolute atomic E-state index is 0.117. The van der Waals surface area contributed by atoms with Crippen LogP contribution >= 0.6 is 11.8 Å². The summed E-state index contributed by atoms with van der Waals surface area (Å²) >= 11 is 1.62. The number of nitrogens with zero attached hydrogens (tertiary/aromatic N) is 2. The Bertz CT molecular complexity index is 884. The van der Waals surface area contributed by atoms with Gasteiger partial charge in [0.15, 0.2) is 5.78 Å². The SMILES string of the molecule is CC(=O)c1ccc(N2CCN(C(=O)NCCCSc3ccc(F)cc3)CC2)c(F)c1. The van der Waals surface area contributed by atoms with E-state index in [4.69, 9.17) is 0 Å². The van der Waals surface area contributed by atoms with Crippen LogP contribution in [0, 0.1) is 11.6 Å². The lowest BCUT2D eigenvalue weighted by Gasteiger charge is -2.36. The minimum atomic E-state index is -0.417. The predicted molar refractivity (Wildman–Crippen MR) is 115 cm³/mol. The van der Waals surface area contributed by atoms with Crippen molar-refractivity contribution >= 4 is 29.3 Å². The number of benzene rings is 2. The topological polar surface area (TPSA) is 52.7 Å². The third-order valence-corrected chi connectivity index (χ3v) is 6.04. The summed E-state index contributed by atoms with van der Waals surface area (Å²) in [4.78, 5) is 28.3. The van der Waals surface area contributed by atoms with Crippen LogP contribution in [0.5, 0.6) is 0 Å². The van der Waals surface area contributed by atoms with Crippen molar-refractivity contribution < 1.29 is 18.4 Å². The number of hydrogen-bond acceptors (Lipinski definition) is 4. The van der Waals surface area contributed by atoms with Crippen molar-refractivity contribution in [1.82, 2.24) is 10.2 Å². The lowest BCUT2D eigenvalue weighted by atomic mass is 10.1. The Balaban J connectivity index is 1.38. The standard InChI is InChI=1S/C22H25F2N3O2S/c1-16(28)17-3-8-21(20(24)15-17)26-10-12-27(13-11-26)22(29)25-9-2-14-30-19-6-4-18(23)5-7-19/h3-8,15H,2,9-14H2,1H3,(H,25,29). The number of anilines is 1. The van der Waals surface area contributed by atoms with Crippen LogP contribution < -0.4 is 10.2 Å². The van der Waals surface area contributed by atoms with Gasteiger partial charge in [-0.25, -0.2) is 13.6 Å². The summed E-state index contributed by atoms with van der Waals surface area (Å²) in [7, 11) is 0. The molecule has 0 unspecified atom stereocenters. The molecule has 1 fully saturated rings. The number of piperazine rings is 1. The van der Waals surface area contributed by atoms with Crippen LogP contribution in [0.4, 0.5) is 19.3 Å². The van der Waals surface area contributed by atoms with E-state index >= 15 is 0 Å². The Morgan fingerprint density at radius 1 is 1.03 bits per heavy atom. The smallest absolute Gasteiger partial charge is 0.317 e. The van der Waals surface area contributed by atoms with E-state index in [0.717, 1.165) is 17.1 Å². The highest BCUT2D eigenvalue weighted by Gasteiger charge is 2.23. The summed E-state index contributed by atoms with van der Waals surface area (Å²) in [5.41, 5.74) is 0.810. The lowest BCUT2D eigenvalue weighted by Crippen LogP contribution is -2.52. The van der Waals surface area contributed by atoms with Gasteiger partial charge < -0.3 is 15.1 Å². The summed E-state index contributed by atoms with van der Waals surface area (Å²) in [5.74, 6) is -0.00493. The highest BCUT2D eigenvalue weighted by molar-refractivity contribution is 7.99. The van der Waals surface area contributed by atoms with Gasteiger partial charge in [0.2, 0.25) is 0 Å². The fraction of sp³-hybridized carbons (Fsp3) is 0.364. The van der Waals surface area contributed by atoms with Gasteiger partial charge in [-0.3, -0.25) is 4.79 Å². The number of amides is 2. The normalized spacial score (nSPS) is 14.0. The Morgan fingerprint density at radius 2 is 1.73 bits per heavy atom.